The van der Waals surface area contributed by atoms with Crippen molar-refractivity contribution in [3.63, 3.8) is 0 Å². The average Bonchev–Trinajstić information content (AvgIpc) is 2.58. The van der Waals surface area contributed by atoms with Crippen LogP contribution in [-0.2, 0) is 21.4 Å². The number of para-hydroxylation sites is 1. The second-order valence-electron chi connectivity index (χ2n) is 5.47. The molecule has 6 nitrogen and oxygen atoms in total. The molecule has 1 heterocycles. The van der Waals surface area contributed by atoms with E-state index in [0.29, 0.717) is 5.69 Å². The summed E-state index contributed by atoms with van der Waals surface area (Å²) in [5.41, 5.74) is 0.493. The van der Waals surface area contributed by atoms with Crippen molar-refractivity contribution in [1.29, 1.82) is 0 Å². The highest BCUT2D eigenvalue weighted by Gasteiger charge is 2.32. The van der Waals surface area contributed by atoms with E-state index in [1.165, 1.54) is 18.2 Å². The van der Waals surface area contributed by atoms with E-state index in [9.17, 15) is 17.6 Å². The first-order chi connectivity index (χ1) is 11.8. The first kappa shape index (κ1) is 18.9. The first-order valence-electron chi connectivity index (χ1n) is 7.76. The fourth-order valence-electron chi connectivity index (χ4n) is 2.46. The Bertz CT molecular complexity index is 828. The van der Waals surface area contributed by atoms with Crippen LogP contribution >= 0.6 is 0 Å². The van der Waals surface area contributed by atoms with Gasteiger partial charge in [0.25, 0.3) is 0 Å². The largest absolute Gasteiger partial charge is 0.349 e. The van der Waals surface area contributed by atoms with Crippen LogP contribution in [-0.4, -0.2) is 31.6 Å². The summed E-state index contributed by atoms with van der Waals surface area (Å²) < 4.78 is 39.4. The summed E-state index contributed by atoms with van der Waals surface area (Å²) in [5.74, 6) is -1.22. The van der Waals surface area contributed by atoms with Crippen LogP contribution < -0.4 is 9.62 Å². The third kappa shape index (κ3) is 4.76. The van der Waals surface area contributed by atoms with Crippen molar-refractivity contribution in [2.24, 2.45) is 0 Å². The highest BCUT2D eigenvalue weighted by molar-refractivity contribution is 7.92. The summed E-state index contributed by atoms with van der Waals surface area (Å²) in [7, 11) is -3.86. The molecule has 0 spiro atoms. The molecular weight excluding hydrogens is 345 g/mol. The third-order valence-corrected chi connectivity index (χ3v) is 4.76. The number of aromatic nitrogens is 1. The van der Waals surface area contributed by atoms with E-state index in [2.05, 4.69) is 10.3 Å². The lowest BCUT2D eigenvalue weighted by molar-refractivity contribution is -0.122. The van der Waals surface area contributed by atoms with Crippen LogP contribution in [0.1, 0.15) is 19.0 Å². The molecule has 0 aliphatic heterocycles. The minimum Gasteiger partial charge on any atom is -0.349 e. The molecule has 0 saturated heterocycles. The van der Waals surface area contributed by atoms with Crippen molar-refractivity contribution in [1.82, 2.24) is 10.3 Å². The zero-order chi connectivity index (χ0) is 18.4. The number of anilines is 1. The van der Waals surface area contributed by atoms with Gasteiger partial charge in [0, 0.05) is 6.20 Å². The van der Waals surface area contributed by atoms with Crippen LogP contribution in [0.3, 0.4) is 0 Å². The monoisotopic (exact) mass is 365 g/mol. The maximum absolute atomic E-state index is 14.1. The molecule has 0 saturated carbocycles. The van der Waals surface area contributed by atoms with Crippen LogP contribution in [0, 0.1) is 5.82 Å². The third-order valence-electron chi connectivity index (χ3n) is 3.59. The van der Waals surface area contributed by atoms with Gasteiger partial charge >= 0.3 is 0 Å². The Hall–Kier alpha value is -2.48. The number of hydrogen-bond acceptors (Lipinski definition) is 4. The Kier molecular flexibility index (Phi) is 6.08. The van der Waals surface area contributed by atoms with Crippen LogP contribution in [0.4, 0.5) is 10.1 Å². The molecule has 1 amide bonds. The van der Waals surface area contributed by atoms with Crippen LogP contribution in [0.15, 0.2) is 48.7 Å². The van der Waals surface area contributed by atoms with Crippen molar-refractivity contribution >= 4 is 21.6 Å². The Morgan fingerprint density at radius 1 is 1.24 bits per heavy atom. The molecule has 1 N–H and O–H groups in total. The molecule has 0 unspecified atom stereocenters. The lowest BCUT2D eigenvalue weighted by Gasteiger charge is -2.30. The number of nitrogens with one attached hydrogen (secondary N) is 1. The summed E-state index contributed by atoms with van der Waals surface area (Å²) in [6.45, 7) is 1.83. The van der Waals surface area contributed by atoms with Crippen molar-refractivity contribution in [2.75, 3.05) is 10.6 Å². The summed E-state index contributed by atoms with van der Waals surface area (Å²) >= 11 is 0. The number of hydrogen-bond donors (Lipinski definition) is 1. The molecule has 25 heavy (non-hydrogen) atoms. The predicted molar refractivity (Wildman–Crippen MR) is 93.9 cm³/mol. The van der Waals surface area contributed by atoms with Crippen LogP contribution in [0.5, 0.6) is 0 Å². The molecule has 0 radical (unpaired) electrons. The van der Waals surface area contributed by atoms with Gasteiger partial charge in [-0.25, -0.2) is 12.8 Å². The summed E-state index contributed by atoms with van der Waals surface area (Å²) in [6.07, 6.45) is 2.74. The Labute approximate surface area is 146 Å². The van der Waals surface area contributed by atoms with Gasteiger partial charge in [-0.1, -0.05) is 25.1 Å². The second kappa shape index (κ2) is 8.06. The summed E-state index contributed by atoms with van der Waals surface area (Å²) in [4.78, 5) is 16.6. The average molecular weight is 365 g/mol. The summed E-state index contributed by atoms with van der Waals surface area (Å²) in [6, 6.07) is 9.70. The number of halogens is 1. The van der Waals surface area contributed by atoms with Gasteiger partial charge < -0.3 is 5.32 Å². The fraction of sp³-hybridized carbons (Fsp3) is 0.294. The molecule has 1 atom stereocenters. The van der Waals surface area contributed by atoms with Gasteiger partial charge in [0.1, 0.15) is 11.9 Å². The van der Waals surface area contributed by atoms with E-state index < -0.39 is 27.8 Å². The number of nitrogens with zero attached hydrogens (tertiary/aromatic N) is 2. The lowest BCUT2D eigenvalue weighted by atomic mass is 10.2. The molecule has 0 aliphatic carbocycles. The highest BCUT2D eigenvalue weighted by atomic mass is 32.2. The Morgan fingerprint density at radius 3 is 2.48 bits per heavy atom. The molecule has 8 heteroatoms. The number of carbonyl (C=O) groups excluding carboxylic acids is 1. The smallest absolute Gasteiger partial charge is 0.244 e. The van der Waals surface area contributed by atoms with E-state index in [0.717, 1.165) is 16.6 Å². The minimum atomic E-state index is -3.86. The lowest BCUT2D eigenvalue weighted by Crippen LogP contribution is -2.49. The maximum atomic E-state index is 14.1. The molecule has 0 bridgehead atoms. The predicted octanol–water partition coefficient (Wildman–Crippen LogP) is 2.08. The van der Waals surface area contributed by atoms with Crippen molar-refractivity contribution < 1.29 is 17.6 Å². The quantitative estimate of drug-likeness (QED) is 0.815. The Morgan fingerprint density at radius 2 is 1.92 bits per heavy atom. The van der Waals surface area contributed by atoms with E-state index in [-0.39, 0.29) is 18.7 Å². The van der Waals surface area contributed by atoms with Gasteiger partial charge in [0.05, 0.1) is 24.2 Å². The number of amides is 1. The molecule has 134 valence electrons. The van der Waals surface area contributed by atoms with Gasteiger partial charge in [-0.3, -0.25) is 14.1 Å². The first-order valence-corrected chi connectivity index (χ1v) is 9.61. The molecule has 1 aromatic carbocycles. The standard InChI is InChI=1S/C17H20FN3O3S/c1-3-15(17(22)20-12-13-8-6-7-11-19-13)21(25(2,23)24)16-10-5-4-9-14(16)18/h4-11,15H,3,12H2,1-2H3,(H,20,22)/t15-/m1/s1. The van der Waals surface area contributed by atoms with Crippen molar-refractivity contribution in [3.05, 3.63) is 60.2 Å². The maximum Gasteiger partial charge on any atom is 0.244 e. The summed E-state index contributed by atoms with van der Waals surface area (Å²) in [5, 5.41) is 2.66. The number of sulfonamides is 1. The van der Waals surface area contributed by atoms with Crippen molar-refractivity contribution in [2.45, 2.75) is 25.9 Å². The molecular formula is C17H20FN3O3S. The van der Waals surface area contributed by atoms with Crippen LogP contribution in [0.2, 0.25) is 0 Å². The van der Waals surface area contributed by atoms with Gasteiger partial charge in [0.2, 0.25) is 15.9 Å². The number of benzene rings is 1. The minimum absolute atomic E-state index is 0.148. The van der Waals surface area contributed by atoms with Gasteiger partial charge in [0.15, 0.2) is 0 Å². The number of carbonyl (C=O) groups is 1. The van der Waals surface area contributed by atoms with E-state index in [1.54, 1.807) is 31.3 Å². The van der Waals surface area contributed by atoms with E-state index in [1.807, 2.05) is 0 Å². The van der Waals surface area contributed by atoms with Crippen molar-refractivity contribution in [3.8, 4) is 0 Å². The molecule has 2 rings (SSSR count). The SMILES string of the molecule is CC[C@H](C(=O)NCc1ccccn1)N(c1ccccc1F)S(C)(=O)=O. The zero-order valence-electron chi connectivity index (χ0n) is 14.0. The van der Waals surface area contributed by atoms with E-state index >= 15 is 0 Å². The number of pyridine rings is 1. The molecule has 0 fully saturated rings. The highest BCUT2D eigenvalue weighted by Crippen LogP contribution is 2.25. The van der Waals surface area contributed by atoms with Crippen LogP contribution in [0.25, 0.3) is 0 Å². The second-order valence-corrected chi connectivity index (χ2v) is 7.33. The van der Waals surface area contributed by atoms with Gasteiger partial charge in [-0.05, 0) is 30.7 Å². The van der Waals surface area contributed by atoms with Gasteiger partial charge in [-0.2, -0.15) is 0 Å². The fourth-order valence-corrected chi connectivity index (χ4v) is 3.68. The molecule has 2 aromatic rings. The topological polar surface area (TPSA) is 79.4 Å². The molecule has 1 aromatic heterocycles. The van der Waals surface area contributed by atoms with Gasteiger partial charge in [-0.15, -0.1) is 0 Å². The normalized spacial score (nSPS) is 12.4. The Balaban J connectivity index is 2.27. The molecule has 0 aliphatic rings. The zero-order valence-corrected chi connectivity index (χ0v) is 14.8. The van der Waals surface area contributed by atoms with E-state index in [4.69, 9.17) is 0 Å². The number of rotatable bonds is 7.